The van der Waals surface area contributed by atoms with Gasteiger partial charge in [0.2, 0.25) is 0 Å². The molecule has 0 amide bonds. The number of hydrogen-bond donors (Lipinski definition) is 2. The second-order valence-electron chi connectivity index (χ2n) is 5.30. The molecule has 0 saturated carbocycles. The fourth-order valence-corrected chi connectivity index (χ4v) is 3.97. The molecule has 3 aromatic rings. The summed E-state index contributed by atoms with van der Waals surface area (Å²) in [4.78, 5) is 5.65. The van der Waals surface area contributed by atoms with E-state index in [1.165, 1.54) is 10.9 Å². The Morgan fingerprint density at radius 1 is 1.35 bits per heavy atom. The summed E-state index contributed by atoms with van der Waals surface area (Å²) in [5, 5.41) is 3.71. The number of benzene rings is 1. The Labute approximate surface area is 143 Å². The van der Waals surface area contributed by atoms with Crippen LogP contribution in [0.1, 0.15) is 16.0 Å². The number of pyridine rings is 1. The van der Waals surface area contributed by atoms with Crippen molar-refractivity contribution in [2.75, 3.05) is 11.9 Å². The quantitative estimate of drug-likeness (QED) is 0.666. The SMILES string of the molecule is Cc1c(CCN)sc2c(NCc3ccccc3F)cc(Cl)nc12. The smallest absolute Gasteiger partial charge is 0.131 e. The van der Waals surface area contributed by atoms with Crippen LogP contribution in [0.3, 0.4) is 0 Å². The standard InChI is InChI=1S/C17H17ClFN3S/c1-10-14(6-7-20)23-17-13(8-15(18)22-16(10)17)21-9-11-4-2-3-5-12(11)19/h2-5,8H,6-7,9,20H2,1H3,(H,21,22). The normalized spacial score (nSPS) is 11.1. The number of nitrogens with one attached hydrogen (secondary N) is 1. The van der Waals surface area contributed by atoms with Crippen molar-refractivity contribution >= 4 is 38.8 Å². The van der Waals surface area contributed by atoms with Gasteiger partial charge in [0, 0.05) is 23.1 Å². The van der Waals surface area contributed by atoms with Crippen LogP contribution in [0.25, 0.3) is 10.2 Å². The molecule has 2 heterocycles. The number of rotatable bonds is 5. The Bertz CT molecular complexity index is 847. The molecule has 0 saturated heterocycles. The predicted molar refractivity (Wildman–Crippen MR) is 95.9 cm³/mol. The molecule has 120 valence electrons. The third-order valence-corrected chi connectivity index (χ3v) is 5.31. The van der Waals surface area contributed by atoms with Gasteiger partial charge in [0.15, 0.2) is 0 Å². The number of nitrogens with zero attached hydrogens (tertiary/aromatic N) is 1. The van der Waals surface area contributed by atoms with E-state index < -0.39 is 0 Å². The Kier molecular flexibility index (Phi) is 4.80. The highest BCUT2D eigenvalue weighted by atomic mass is 35.5. The Hall–Kier alpha value is -1.69. The molecule has 0 unspecified atom stereocenters. The number of anilines is 1. The van der Waals surface area contributed by atoms with Gasteiger partial charge in [-0.05, 0) is 31.5 Å². The molecule has 3 rings (SSSR count). The van der Waals surface area contributed by atoms with E-state index >= 15 is 0 Å². The van der Waals surface area contributed by atoms with Crippen molar-refractivity contribution < 1.29 is 4.39 Å². The molecule has 0 spiro atoms. The van der Waals surface area contributed by atoms with E-state index in [9.17, 15) is 4.39 Å². The number of nitrogens with two attached hydrogens (primary N) is 1. The lowest BCUT2D eigenvalue weighted by molar-refractivity contribution is 0.613. The summed E-state index contributed by atoms with van der Waals surface area (Å²) in [6.07, 6.45) is 0.817. The third kappa shape index (κ3) is 3.32. The molecular weight excluding hydrogens is 333 g/mol. The minimum absolute atomic E-state index is 0.220. The van der Waals surface area contributed by atoms with Crippen LogP contribution in [0.5, 0.6) is 0 Å². The van der Waals surface area contributed by atoms with Gasteiger partial charge in [0.05, 0.1) is 15.9 Å². The first-order valence-corrected chi connectivity index (χ1v) is 8.55. The molecule has 0 radical (unpaired) electrons. The van der Waals surface area contributed by atoms with Gasteiger partial charge in [-0.3, -0.25) is 0 Å². The van der Waals surface area contributed by atoms with E-state index in [4.69, 9.17) is 17.3 Å². The summed E-state index contributed by atoms with van der Waals surface area (Å²) in [6, 6.07) is 8.52. The topological polar surface area (TPSA) is 50.9 Å². The number of hydrogen-bond acceptors (Lipinski definition) is 4. The Morgan fingerprint density at radius 3 is 2.87 bits per heavy atom. The second kappa shape index (κ2) is 6.83. The van der Waals surface area contributed by atoms with Crippen LogP contribution in [0.15, 0.2) is 30.3 Å². The van der Waals surface area contributed by atoms with E-state index in [1.54, 1.807) is 29.5 Å². The summed E-state index contributed by atoms with van der Waals surface area (Å²) >= 11 is 7.82. The number of aromatic nitrogens is 1. The first-order chi connectivity index (χ1) is 11.1. The predicted octanol–water partition coefficient (Wildman–Crippen LogP) is 4.51. The molecule has 2 aromatic heterocycles. The number of fused-ring (bicyclic) bond motifs is 1. The molecule has 0 aliphatic rings. The zero-order valence-corrected chi connectivity index (χ0v) is 14.3. The molecule has 6 heteroatoms. The lowest BCUT2D eigenvalue weighted by atomic mass is 10.2. The van der Waals surface area contributed by atoms with Crippen molar-refractivity contribution in [3.8, 4) is 0 Å². The van der Waals surface area contributed by atoms with Gasteiger partial charge in [0.1, 0.15) is 11.0 Å². The molecule has 1 aromatic carbocycles. The van der Waals surface area contributed by atoms with Crippen LogP contribution in [-0.2, 0) is 13.0 Å². The van der Waals surface area contributed by atoms with Crippen LogP contribution in [-0.4, -0.2) is 11.5 Å². The van der Waals surface area contributed by atoms with Crippen molar-refractivity contribution in [2.45, 2.75) is 19.9 Å². The summed E-state index contributed by atoms with van der Waals surface area (Å²) in [5.74, 6) is -0.220. The number of aryl methyl sites for hydroxylation is 1. The van der Waals surface area contributed by atoms with Gasteiger partial charge >= 0.3 is 0 Å². The third-order valence-electron chi connectivity index (χ3n) is 3.74. The van der Waals surface area contributed by atoms with Crippen molar-refractivity contribution in [3.63, 3.8) is 0 Å². The number of thiophene rings is 1. The summed E-state index contributed by atoms with van der Waals surface area (Å²) in [5.41, 5.74) is 9.17. The van der Waals surface area contributed by atoms with Gasteiger partial charge in [0.25, 0.3) is 0 Å². The van der Waals surface area contributed by atoms with Crippen LogP contribution in [0.2, 0.25) is 5.15 Å². The summed E-state index contributed by atoms with van der Waals surface area (Å²) in [6.45, 7) is 3.03. The summed E-state index contributed by atoms with van der Waals surface area (Å²) < 4.78 is 14.8. The fraction of sp³-hybridized carbons (Fsp3) is 0.235. The maximum Gasteiger partial charge on any atom is 0.131 e. The maximum absolute atomic E-state index is 13.8. The Morgan fingerprint density at radius 2 is 2.13 bits per heavy atom. The largest absolute Gasteiger partial charge is 0.380 e. The average Bonchev–Trinajstić information content (AvgIpc) is 2.84. The molecular formula is C17H17ClFN3S. The molecule has 0 bridgehead atoms. The van der Waals surface area contributed by atoms with E-state index in [0.717, 1.165) is 27.9 Å². The molecule has 0 atom stereocenters. The van der Waals surface area contributed by atoms with Crippen LogP contribution in [0.4, 0.5) is 10.1 Å². The van der Waals surface area contributed by atoms with E-state index in [-0.39, 0.29) is 5.82 Å². The van der Waals surface area contributed by atoms with E-state index in [2.05, 4.69) is 10.3 Å². The average molecular weight is 350 g/mol. The van der Waals surface area contributed by atoms with E-state index in [0.29, 0.717) is 23.8 Å². The summed E-state index contributed by atoms with van der Waals surface area (Å²) in [7, 11) is 0. The highest BCUT2D eigenvalue weighted by Gasteiger charge is 2.14. The van der Waals surface area contributed by atoms with Crippen molar-refractivity contribution in [1.82, 2.24) is 4.98 Å². The van der Waals surface area contributed by atoms with Crippen LogP contribution < -0.4 is 11.1 Å². The lowest BCUT2D eigenvalue weighted by Gasteiger charge is -2.09. The van der Waals surface area contributed by atoms with Gasteiger partial charge in [-0.2, -0.15) is 0 Å². The van der Waals surface area contributed by atoms with Crippen LogP contribution >= 0.6 is 22.9 Å². The monoisotopic (exact) mass is 349 g/mol. The van der Waals surface area contributed by atoms with Crippen molar-refractivity contribution in [1.29, 1.82) is 0 Å². The van der Waals surface area contributed by atoms with Crippen LogP contribution in [0, 0.1) is 12.7 Å². The number of halogens is 2. The molecule has 0 aliphatic heterocycles. The van der Waals surface area contributed by atoms with Crippen molar-refractivity contribution in [3.05, 3.63) is 57.3 Å². The maximum atomic E-state index is 13.8. The highest BCUT2D eigenvalue weighted by molar-refractivity contribution is 7.19. The van der Waals surface area contributed by atoms with Crippen molar-refractivity contribution in [2.24, 2.45) is 5.73 Å². The lowest BCUT2D eigenvalue weighted by Crippen LogP contribution is -2.02. The zero-order chi connectivity index (χ0) is 16.4. The molecule has 3 N–H and O–H groups in total. The zero-order valence-electron chi connectivity index (χ0n) is 12.7. The van der Waals surface area contributed by atoms with Gasteiger partial charge in [-0.1, -0.05) is 29.8 Å². The fourth-order valence-electron chi connectivity index (χ4n) is 2.52. The first kappa shape index (κ1) is 16.2. The molecule has 0 aliphatic carbocycles. The minimum Gasteiger partial charge on any atom is -0.380 e. The van der Waals surface area contributed by atoms with E-state index in [1.807, 2.05) is 13.0 Å². The van der Waals surface area contributed by atoms with Gasteiger partial charge in [-0.15, -0.1) is 11.3 Å². The Balaban J connectivity index is 1.97. The molecule has 3 nitrogen and oxygen atoms in total. The molecule has 0 fully saturated rings. The highest BCUT2D eigenvalue weighted by Crippen LogP contribution is 2.36. The van der Waals surface area contributed by atoms with Gasteiger partial charge < -0.3 is 11.1 Å². The first-order valence-electron chi connectivity index (χ1n) is 7.36. The second-order valence-corrected chi connectivity index (χ2v) is 6.80. The van der Waals surface area contributed by atoms with Gasteiger partial charge in [-0.25, -0.2) is 9.37 Å². The minimum atomic E-state index is -0.220. The molecule has 23 heavy (non-hydrogen) atoms.